The largest absolute Gasteiger partial charge is 0.375 e. The van der Waals surface area contributed by atoms with Crippen molar-refractivity contribution >= 4 is 40.3 Å². The number of hydrogen-bond donors (Lipinski definition) is 3. The van der Waals surface area contributed by atoms with Crippen LogP contribution < -0.4 is 16.5 Å². The van der Waals surface area contributed by atoms with Gasteiger partial charge in [-0.15, -0.1) is 0 Å². The van der Waals surface area contributed by atoms with Crippen molar-refractivity contribution < 1.29 is 9.72 Å². The number of non-ortho nitro benzene ring substituents is 1. The van der Waals surface area contributed by atoms with E-state index in [9.17, 15) is 14.9 Å². The second-order valence-electron chi connectivity index (χ2n) is 3.85. The van der Waals surface area contributed by atoms with Gasteiger partial charge < -0.3 is 11.1 Å². The highest BCUT2D eigenvalue weighted by molar-refractivity contribution is 7.80. The lowest BCUT2D eigenvalue weighted by Gasteiger charge is -2.05. The number of nitro groups is 1. The lowest BCUT2D eigenvalue weighted by Crippen LogP contribution is -2.26. The summed E-state index contributed by atoms with van der Waals surface area (Å²) in [7, 11) is 0. The molecule has 0 aliphatic heterocycles. The number of hydrazone groups is 1. The highest BCUT2D eigenvalue weighted by Gasteiger charge is 2.07. The van der Waals surface area contributed by atoms with Gasteiger partial charge in [0.25, 0.3) is 5.69 Å². The van der Waals surface area contributed by atoms with Crippen LogP contribution in [0.1, 0.15) is 13.3 Å². The van der Waals surface area contributed by atoms with E-state index < -0.39 is 4.92 Å². The molecule has 0 spiro atoms. The van der Waals surface area contributed by atoms with E-state index in [2.05, 4.69) is 28.1 Å². The highest BCUT2D eigenvalue weighted by atomic mass is 32.1. The first kappa shape index (κ1) is 15.5. The van der Waals surface area contributed by atoms with Crippen LogP contribution in [0.2, 0.25) is 0 Å². The molecule has 8 nitrogen and oxygen atoms in total. The summed E-state index contributed by atoms with van der Waals surface area (Å²) in [6.45, 7) is 1.64. The number of amides is 1. The molecule has 0 heterocycles. The Kier molecular flexibility index (Phi) is 5.54. The number of benzene rings is 1. The fourth-order valence-corrected chi connectivity index (χ4v) is 1.34. The van der Waals surface area contributed by atoms with Crippen LogP contribution in [0.15, 0.2) is 29.4 Å². The molecule has 1 rings (SSSR count). The van der Waals surface area contributed by atoms with Gasteiger partial charge in [0.1, 0.15) is 0 Å². The summed E-state index contributed by atoms with van der Waals surface area (Å²) in [5.74, 6) is -0.301. The molecule has 1 aromatic carbocycles. The molecule has 9 heteroatoms. The Morgan fingerprint density at radius 3 is 2.55 bits per heavy atom. The van der Waals surface area contributed by atoms with Gasteiger partial charge in [0, 0.05) is 23.5 Å². The van der Waals surface area contributed by atoms with E-state index in [-0.39, 0.29) is 23.1 Å². The average molecular weight is 295 g/mol. The van der Waals surface area contributed by atoms with E-state index in [0.29, 0.717) is 11.4 Å². The molecule has 20 heavy (non-hydrogen) atoms. The first-order chi connectivity index (χ1) is 9.38. The van der Waals surface area contributed by atoms with E-state index >= 15 is 0 Å². The van der Waals surface area contributed by atoms with Crippen molar-refractivity contribution in [1.82, 2.24) is 5.43 Å². The number of nitrogens with two attached hydrogens (primary N) is 1. The molecule has 0 unspecified atom stereocenters. The third kappa shape index (κ3) is 5.40. The number of hydrogen-bond acceptors (Lipinski definition) is 5. The summed E-state index contributed by atoms with van der Waals surface area (Å²) in [5.41, 5.74) is 8.49. The molecule has 0 saturated carbocycles. The Morgan fingerprint density at radius 2 is 2.05 bits per heavy atom. The van der Waals surface area contributed by atoms with Gasteiger partial charge in [-0.1, -0.05) is 0 Å². The minimum Gasteiger partial charge on any atom is -0.375 e. The number of nitrogens with zero attached hydrogens (tertiary/aromatic N) is 2. The Hall–Kier alpha value is -2.55. The van der Waals surface area contributed by atoms with Crippen molar-refractivity contribution in [3.63, 3.8) is 0 Å². The van der Waals surface area contributed by atoms with Crippen LogP contribution in [0.4, 0.5) is 11.4 Å². The van der Waals surface area contributed by atoms with Crippen molar-refractivity contribution in [3.05, 3.63) is 34.4 Å². The maximum Gasteiger partial charge on any atom is 0.269 e. The minimum atomic E-state index is -0.510. The second kappa shape index (κ2) is 7.14. The molecule has 0 aromatic heterocycles. The topological polar surface area (TPSA) is 123 Å². The molecule has 0 aliphatic rings. The number of nitrogens with one attached hydrogen (secondary N) is 2. The van der Waals surface area contributed by atoms with Crippen molar-refractivity contribution in [1.29, 1.82) is 0 Å². The molecular weight excluding hydrogens is 282 g/mol. The highest BCUT2D eigenvalue weighted by Crippen LogP contribution is 2.15. The zero-order valence-electron chi connectivity index (χ0n) is 10.6. The standard InChI is InChI=1S/C11H13N5O3S/c1-7(14-15-11(12)20)6-10(17)13-8-2-4-9(5-3-8)16(18)19/h2-5H,6H2,1H3,(H,13,17)(H3,12,15,20)/b14-7+. The van der Waals surface area contributed by atoms with Gasteiger partial charge in [-0.2, -0.15) is 5.10 Å². The lowest BCUT2D eigenvalue weighted by atomic mass is 10.2. The van der Waals surface area contributed by atoms with Gasteiger partial charge in [0.05, 0.1) is 11.3 Å². The van der Waals surface area contributed by atoms with E-state index in [0.717, 1.165) is 0 Å². The molecule has 106 valence electrons. The number of rotatable bonds is 5. The zero-order chi connectivity index (χ0) is 15.1. The molecule has 1 amide bonds. The number of carbonyl (C=O) groups excluding carboxylic acids is 1. The molecule has 4 N–H and O–H groups in total. The van der Waals surface area contributed by atoms with E-state index in [1.807, 2.05) is 0 Å². The first-order valence-electron chi connectivity index (χ1n) is 5.51. The Balaban J connectivity index is 2.56. The van der Waals surface area contributed by atoms with Gasteiger partial charge in [0.2, 0.25) is 5.91 Å². The Morgan fingerprint density at radius 1 is 1.45 bits per heavy atom. The molecule has 0 radical (unpaired) electrons. The molecule has 0 aliphatic carbocycles. The van der Waals surface area contributed by atoms with Gasteiger partial charge in [-0.3, -0.25) is 20.3 Å². The normalized spacial score (nSPS) is 10.8. The lowest BCUT2D eigenvalue weighted by molar-refractivity contribution is -0.384. The average Bonchev–Trinajstić information content (AvgIpc) is 2.36. The third-order valence-electron chi connectivity index (χ3n) is 2.14. The summed E-state index contributed by atoms with van der Waals surface area (Å²) in [6, 6.07) is 5.53. The number of anilines is 1. The number of nitro benzene ring substituents is 1. The Bertz CT molecular complexity index is 556. The minimum absolute atomic E-state index is 0.0140. The molecule has 0 saturated heterocycles. The predicted octanol–water partition coefficient (Wildman–Crippen LogP) is 1.13. The van der Waals surface area contributed by atoms with Gasteiger partial charge >= 0.3 is 0 Å². The van der Waals surface area contributed by atoms with E-state index in [4.69, 9.17) is 5.73 Å². The van der Waals surface area contributed by atoms with Gasteiger partial charge in [0.15, 0.2) is 5.11 Å². The third-order valence-corrected chi connectivity index (χ3v) is 2.23. The van der Waals surface area contributed by atoms with Crippen LogP contribution in [-0.2, 0) is 4.79 Å². The van der Waals surface area contributed by atoms with Crippen molar-refractivity contribution in [3.8, 4) is 0 Å². The molecular formula is C11H13N5O3S. The maximum atomic E-state index is 11.7. The molecule has 0 fully saturated rings. The molecule has 0 atom stereocenters. The predicted molar refractivity (Wildman–Crippen MR) is 79.4 cm³/mol. The van der Waals surface area contributed by atoms with Crippen LogP contribution in [0.5, 0.6) is 0 Å². The Labute approximate surface area is 120 Å². The van der Waals surface area contributed by atoms with Gasteiger partial charge in [-0.25, -0.2) is 0 Å². The fraction of sp³-hybridized carbons (Fsp3) is 0.182. The summed E-state index contributed by atoms with van der Waals surface area (Å²) in [6.07, 6.45) is 0.0482. The van der Waals surface area contributed by atoms with Crippen molar-refractivity contribution in [2.24, 2.45) is 10.8 Å². The monoisotopic (exact) mass is 295 g/mol. The van der Waals surface area contributed by atoms with Crippen LogP contribution in [0, 0.1) is 10.1 Å². The van der Waals surface area contributed by atoms with Crippen molar-refractivity contribution in [2.45, 2.75) is 13.3 Å². The molecule has 1 aromatic rings. The summed E-state index contributed by atoms with van der Waals surface area (Å²) in [5, 5.41) is 16.9. The van der Waals surface area contributed by atoms with Gasteiger partial charge in [-0.05, 0) is 31.3 Å². The SMILES string of the molecule is C/C(CC(=O)Nc1ccc([N+](=O)[O-])cc1)=N\NC(N)=S. The zero-order valence-corrected chi connectivity index (χ0v) is 11.4. The van der Waals surface area contributed by atoms with Crippen LogP contribution in [0.3, 0.4) is 0 Å². The quantitative estimate of drug-likeness (QED) is 0.324. The van der Waals surface area contributed by atoms with Crippen LogP contribution >= 0.6 is 12.2 Å². The first-order valence-corrected chi connectivity index (χ1v) is 5.92. The van der Waals surface area contributed by atoms with Crippen molar-refractivity contribution in [2.75, 3.05) is 5.32 Å². The number of carbonyl (C=O) groups is 1. The summed E-state index contributed by atoms with van der Waals surface area (Å²) < 4.78 is 0. The summed E-state index contributed by atoms with van der Waals surface area (Å²) in [4.78, 5) is 21.6. The fourth-order valence-electron chi connectivity index (χ4n) is 1.29. The number of thiocarbonyl (C=S) groups is 1. The summed E-state index contributed by atoms with van der Waals surface area (Å²) >= 11 is 4.57. The second-order valence-corrected chi connectivity index (χ2v) is 4.29. The maximum absolute atomic E-state index is 11.7. The van der Waals surface area contributed by atoms with E-state index in [1.54, 1.807) is 6.92 Å². The van der Waals surface area contributed by atoms with Crippen LogP contribution in [0.25, 0.3) is 0 Å². The van der Waals surface area contributed by atoms with Crippen LogP contribution in [-0.4, -0.2) is 21.7 Å². The molecule has 0 bridgehead atoms. The van der Waals surface area contributed by atoms with E-state index in [1.165, 1.54) is 24.3 Å². The smallest absolute Gasteiger partial charge is 0.269 e.